The van der Waals surface area contributed by atoms with Crippen molar-refractivity contribution < 1.29 is 4.79 Å². The van der Waals surface area contributed by atoms with Crippen molar-refractivity contribution in [3.05, 3.63) is 58.1 Å². The molecule has 3 rings (SSSR count). The minimum Gasteiger partial charge on any atom is -0.322 e. The largest absolute Gasteiger partial charge is 0.322 e. The van der Waals surface area contributed by atoms with E-state index in [1.54, 1.807) is 35.9 Å². The van der Waals surface area contributed by atoms with E-state index in [1.165, 1.54) is 11.8 Å². The molecule has 2 heterocycles. The van der Waals surface area contributed by atoms with Crippen molar-refractivity contribution in [2.75, 3.05) is 5.32 Å². The number of thioether (sulfide) groups is 1. The predicted octanol–water partition coefficient (Wildman–Crippen LogP) is 4.54. The number of pyridine rings is 1. The summed E-state index contributed by atoms with van der Waals surface area (Å²) in [6.45, 7) is 5.76. The maximum absolute atomic E-state index is 13.0. The van der Waals surface area contributed by atoms with Gasteiger partial charge in [-0.15, -0.1) is 0 Å². The number of aromatic nitrogens is 3. The molecule has 0 fully saturated rings. The highest BCUT2D eigenvalue weighted by atomic mass is 35.5. The number of fused-ring (bicyclic) bond motifs is 1. The Bertz CT molecular complexity index is 1070. The maximum atomic E-state index is 13.0. The maximum Gasteiger partial charge on any atom is 0.262 e. The minimum absolute atomic E-state index is 0.0323. The van der Waals surface area contributed by atoms with Crippen LogP contribution in [-0.4, -0.2) is 25.7 Å². The van der Waals surface area contributed by atoms with Crippen LogP contribution in [0.1, 0.15) is 33.2 Å². The fourth-order valence-corrected chi connectivity index (χ4v) is 3.88. The van der Waals surface area contributed by atoms with Crippen LogP contribution in [0.5, 0.6) is 0 Å². The lowest BCUT2D eigenvalue weighted by atomic mass is 10.2. The summed E-state index contributed by atoms with van der Waals surface area (Å²) in [4.78, 5) is 34.3. The first-order valence-corrected chi connectivity index (χ1v) is 10.3. The summed E-state index contributed by atoms with van der Waals surface area (Å²) in [7, 11) is 0. The smallest absolute Gasteiger partial charge is 0.262 e. The van der Waals surface area contributed by atoms with Gasteiger partial charge in [0.05, 0.1) is 21.8 Å². The number of para-hydroxylation sites is 1. The first-order chi connectivity index (χ1) is 13.4. The normalized spacial score (nSPS) is 13.3. The van der Waals surface area contributed by atoms with Crippen LogP contribution in [0.3, 0.4) is 0 Å². The van der Waals surface area contributed by atoms with Crippen LogP contribution >= 0.6 is 23.4 Å². The molecule has 0 unspecified atom stereocenters. The fourth-order valence-electron chi connectivity index (χ4n) is 2.71. The van der Waals surface area contributed by atoms with E-state index >= 15 is 0 Å². The Hall–Kier alpha value is -2.38. The second-order valence-corrected chi connectivity index (χ2v) is 8.10. The van der Waals surface area contributed by atoms with Crippen LogP contribution in [0.25, 0.3) is 10.9 Å². The van der Waals surface area contributed by atoms with Crippen molar-refractivity contribution in [2.24, 2.45) is 0 Å². The third-order valence-electron chi connectivity index (χ3n) is 4.48. The van der Waals surface area contributed by atoms with Crippen LogP contribution < -0.4 is 10.9 Å². The zero-order valence-corrected chi connectivity index (χ0v) is 17.4. The van der Waals surface area contributed by atoms with Gasteiger partial charge >= 0.3 is 0 Å². The lowest BCUT2D eigenvalue weighted by Gasteiger charge is -2.20. The van der Waals surface area contributed by atoms with E-state index < -0.39 is 5.25 Å². The third-order valence-corrected chi connectivity index (χ3v) is 5.84. The minimum atomic E-state index is -0.486. The van der Waals surface area contributed by atoms with Crippen LogP contribution in [0.4, 0.5) is 5.69 Å². The van der Waals surface area contributed by atoms with E-state index in [0.717, 1.165) is 6.42 Å². The van der Waals surface area contributed by atoms with Crippen molar-refractivity contribution in [1.82, 2.24) is 14.5 Å². The number of carbonyl (C=O) groups excluding carboxylic acids is 1. The van der Waals surface area contributed by atoms with Gasteiger partial charge in [0.15, 0.2) is 10.3 Å². The van der Waals surface area contributed by atoms with Crippen LogP contribution in [0.15, 0.2) is 52.5 Å². The number of rotatable bonds is 6. The molecule has 0 aliphatic rings. The van der Waals surface area contributed by atoms with E-state index in [2.05, 4.69) is 15.3 Å². The number of carbonyl (C=O) groups is 1. The molecule has 8 heteroatoms. The molecule has 3 aromatic rings. The Morgan fingerprint density at radius 1 is 1.25 bits per heavy atom. The van der Waals surface area contributed by atoms with Crippen molar-refractivity contribution >= 4 is 45.9 Å². The van der Waals surface area contributed by atoms with Gasteiger partial charge in [-0.05, 0) is 44.5 Å². The molecule has 0 saturated heterocycles. The van der Waals surface area contributed by atoms with Crippen molar-refractivity contribution in [3.8, 4) is 0 Å². The lowest BCUT2D eigenvalue weighted by molar-refractivity contribution is -0.115. The first-order valence-electron chi connectivity index (χ1n) is 9.01. The number of nitrogens with one attached hydrogen (secondary N) is 1. The Labute approximate surface area is 172 Å². The average Bonchev–Trinajstić information content (AvgIpc) is 2.69. The molecule has 1 aromatic carbocycles. The molecule has 0 aliphatic carbocycles. The average molecular weight is 417 g/mol. The molecule has 6 nitrogen and oxygen atoms in total. The second-order valence-electron chi connectivity index (χ2n) is 6.44. The van der Waals surface area contributed by atoms with Gasteiger partial charge in [0.25, 0.3) is 5.56 Å². The molecule has 2 aromatic heterocycles. The van der Waals surface area contributed by atoms with Crippen LogP contribution in [0.2, 0.25) is 5.15 Å². The van der Waals surface area contributed by atoms with E-state index in [1.807, 2.05) is 32.0 Å². The molecular formula is C20H21ClN4O2S. The number of nitrogens with zero attached hydrogens (tertiary/aromatic N) is 3. The number of hydrogen-bond acceptors (Lipinski definition) is 5. The quantitative estimate of drug-likeness (QED) is 0.362. The molecule has 1 amide bonds. The van der Waals surface area contributed by atoms with Gasteiger partial charge in [0, 0.05) is 12.2 Å². The number of amides is 1. The Morgan fingerprint density at radius 2 is 2.00 bits per heavy atom. The van der Waals surface area contributed by atoms with Gasteiger partial charge in [0.1, 0.15) is 0 Å². The SMILES string of the molecule is CC[C@H](C)n1c(S[C@@H](C)C(=O)Nc2cccnc2Cl)nc2ccccc2c1=O. The molecule has 0 aliphatic heterocycles. The summed E-state index contributed by atoms with van der Waals surface area (Å²) >= 11 is 7.27. The molecular weight excluding hydrogens is 396 g/mol. The molecule has 0 spiro atoms. The molecule has 0 radical (unpaired) electrons. The van der Waals surface area contributed by atoms with E-state index in [-0.39, 0.29) is 22.7 Å². The van der Waals surface area contributed by atoms with E-state index in [9.17, 15) is 9.59 Å². The van der Waals surface area contributed by atoms with Crippen molar-refractivity contribution in [3.63, 3.8) is 0 Å². The monoisotopic (exact) mass is 416 g/mol. The van der Waals surface area contributed by atoms with Gasteiger partial charge in [-0.3, -0.25) is 14.2 Å². The lowest BCUT2D eigenvalue weighted by Crippen LogP contribution is -2.28. The standard InChI is InChI=1S/C20H21ClN4O2S/c1-4-12(2)25-19(27)14-8-5-6-9-15(14)24-20(25)28-13(3)18(26)23-16-10-7-11-22-17(16)21/h5-13H,4H2,1-3H3,(H,23,26)/t12-,13-/m0/s1. The molecule has 1 N–H and O–H groups in total. The van der Waals surface area contributed by atoms with Gasteiger partial charge < -0.3 is 5.32 Å². The highest BCUT2D eigenvalue weighted by Gasteiger charge is 2.22. The summed E-state index contributed by atoms with van der Waals surface area (Å²) in [5.41, 5.74) is 0.982. The predicted molar refractivity (Wildman–Crippen MR) is 114 cm³/mol. The van der Waals surface area contributed by atoms with Crippen molar-refractivity contribution in [2.45, 2.75) is 43.6 Å². The number of halogens is 1. The summed E-state index contributed by atoms with van der Waals surface area (Å²) < 4.78 is 1.67. The van der Waals surface area contributed by atoms with Crippen molar-refractivity contribution in [1.29, 1.82) is 0 Å². The second kappa shape index (κ2) is 8.75. The summed E-state index contributed by atoms with van der Waals surface area (Å²) in [6.07, 6.45) is 2.33. The third kappa shape index (κ3) is 4.20. The Balaban J connectivity index is 1.93. The van der Waals surface area contributed by atoms with E-state index in [0.29, 0.717) is 21.7 Å². The van der Waals surface area contributed by atoms with Crippen LogP contribution in [0, 0.1) is 0 Å². The number of hydrogen-bond donors (Lipinski definition) is 1. The van der Waals surface area contributed by atoms with Crippen LogP contribution in [-0.2, 0) is 4.79 Å². The summed E-state index contributed by atoms with van der Waals surface area (Å²) in [5, 5.41) is 3.62. The summed E-state index contributed by atoms with van der Waals surface area (Å²) in [5.74, 6) is -0.238. The highest BCUT2D eigenvalue weighted by molar-refractivity contribution is 8.00. The topological polar surface area (TPSA) is 76.9 Å². The van der Waals surface area contributed by atoms with Gasteiger partial charge in [-0.1, -0.05) is 42.4 Å². The van der Waals surface area contributed by atoms with Gasteiger partial charge in [0.2, 0.25) is 5.91 Å². The van der Waals surface area contributed by atoms with E-state index in [4.69, 9.17) is 11.6 Å². The zero-order chi connectivity index (χ0) is 20.3. The Kier molecular flexibility index (Phi) is 6.36. The number of benzene rings is 1. The fraction of sp³-hybridized carbons (Fsp3) is 0.300. The number of anilines is 1. The van der Waals surface area contributed by atoms with Gasteiger partial charge in [-0.2, -0.15) is 0 Å². The highest BCUT2D eigenvalue weighted by Crippen LogP contribution is 2.27. The first kappa shape index (κ1) is 20.4. The molecule has 146 valence electrons. The zero-order valence-electron chi connectivity index (χ0n) is 15.8. The molecule has 28 heavy (non-hydrogen) atoms. The molecule has 0 saturated carbocycles. The molecule has 0 bridgehead atoms. The summed E-state index contributed by atoms with van der Waals surface area (Å²) in [6, 6.07) is 10.6. The van der Waals surface area contributed by atoms with Gasteiger partial charge in [-0.25, -0.2) is 9.97 Å². The Morgan fingerprint density at radius 3 is 2.71 bits per heavy atom. The molecule has 2 atom stereocenters.